The molecule has 0 spiro atoms. The van der Waals surface area contributed by atoms with E-state index in [-0.39, 0.29) is 12.0 Å². The largest absolute Gasteiger partial charge is 0.444 e. The molecule has 1 aliphatic rings. The van der Waals surface area contributed by atoms with Crippen molar-refractivity contribution < 1.29 is 14.3 Å². The first-order valence-corrected chi connectivity index (χ1v) is 7.14. The summed E-state index contributed by atoms with van der Waals surface area (Å²) in [7, 11) is 0. The van der Waals surface area contributed by atoms with Gasteiger partial charge in [0.1, 0.15) is 5.60 Å². The topological polar surface area (TPSA) is 72.6 Å². The highest BCUT2D eigenvalue weighted by Gasteiger charge is 2.31. The Hall–Kier alpha value is -2.04. The summed E-state index contributed by atoms with van der Waals surface area (Å²) in [6.45, 7) is 6.73. The van der Waals surface area contributed by atoms with Gasteiger partial charge in [-0.2, -0.15) is 0 Å². The minimum Gasteiger partial charge on any atom is -0.444 e. The number of benzene rings is 1. The van der Waals surface area contributed by atoms with E-state index in [0.717, 1.165) is 12.0 Å². The molecular formula is C16H22N2O3. The van der Waals surface area contributed by atoms with Crippen molar-refractivity contribution in [1.29, 1.82) is 0 Å². The smallest absolute Gasteiger partial charge is 0.410 e. The molecule has 2 N–H and O–H groups in total. The fourth-order valence-electron chi connectivity index (χ4n) is 2.58. The van der Waals surface area contributed by atoms with Crippen molar-refractivity contribution in [3.63, 3.8) is 0 Å². The molecule has 5 nitrogen and oxygen atoms in total. The number of nitrogens with two attached hydrogens (primary N) is 1. The summed E-state index contributed by atoms with van der Waals surface area (Å²) in [6, 6.07) is 7.32. The molecule has 1 aromatic rings. The molecule has 1 saturated heterocycles. The fraction of sp³-hybridized carbons (Fsp3) is 0.500. The van der Waals surface area contributed by atoms with Gasteiger partial charge in [0, 0.05) is 24.6 Å². The molecule has 0 aliphatic carbocycles. The lowest BCUT2D eigenvalue weighted by molar-refractivity contribution is 0.0292. The molecule has 0 unspecified atom stereocenters. The molecule has 5 heteroatoms. The van der Waals surface area contributed by atoms with Gasteiger partial charge in [-0.3, -0.25) is 4.79 Å². The van der Waals surface area contributed by atoms with Gasteiger partial charge in [0.25, 0.3) is 0 Å². The van der Waals surface area contributed by atoms with E-state index in [2.05, 4.69) is 0 Å². The summed E-state index contributed by atoms with van der Waals surface area (Å²) in [5.74, 6) is -0.303. The van der Waals surface area contributed by atoms with Crippen LogP contribution in [0.5, 0.6) is 0 Å². The van der Waals surface area contributed by atoms with Gasteiger partial charge in [-0.15, -0.1) is 0 Å². The molecule has 2 rings (SSSR count). The highest BCUT2D eigenvalue weighted by molar-refractivity contribution is 5.94. The average Bonchev–Trinajstić information content (AvgIpc) is 2.86. The Labute approximate surface area is 125 Å². The Balaban J connectivity index is 2.10. The van der Waals surface area contributed by atoms with Crippen molar-refractivity contribution in [2.75, 3.05) is 13.1 Å². The van der Waals surface area contributed by atoms with Crippen LogP contribution in [-0.4, -0.2) is 35.6 Å². The monoisotopic (exact) mass is 290 g/mol. The van der Waals surface area contributed by atoms with E-state index in [1.807, 2.05) is 32.9 Å². The molecule has 1 heterocycles. The standard InChI is InChI=1S/C16H22N2O3/c1-16(2,3)21-15(20)18-9-8-11(10-18)12-6-4-5-7-13(12)14(17)19/h4-7,11H,8-10H2,1-3H3,(H2,17,19)/t11-/m0/s1. The number of carbonyl (C=O) groups is 2. The Morgan fingerprint density at radius 3 is 2.57 bits per heavy atom. The van der Waals surface area contributed by atoms with Crippen LogP contribution in [0.1, 0.15) is 49.0 Å². The Morgan fingerprint density at radius 2 is 1.95 bits per heavy atom. The van der Waals surface area contributed by atoms with E-state index >= 15 is 0 Å². The minimum atomic E-state index is -0.500. The van der Waals surface area contributed by atoms with Gasteiger partial charge >= 0.3 is 6.09 Å². The third-order valence-corrected chi connectivity index (χ3v) is 3.51. The van der Waals surface area contributed by atoms with Crippen LogP contribution in [0.2, 0.25) is 0 Å². The van der Waals surface area contributed by atoms with Gasteiger partial charge in [0.15, 0.2) is 0 Å². The quantitative estimate of drug-likeness (QED) is 0.909. The highest BCUT2D eigenvalue weighted by atomic mass is 16.6. The van der Waals surface area contributed by atoms with Crippen LogP contribution in [0.25, 0.3) is 0 Å². The number of rotatable bonds is 2. The Morgan fingerprint density at radius 1 is 1.29 bits per heavy atom. The minimum absolute atomic E-state index is 0.126. The van der Waals surface area contributed by atoms with Gasteiger partial charge < -0.3 is 15.4 Å². The summed E-state index contributed by atoms with van der Waals surface area (Å²) in [5, 5.41) is 0. The van der Waals surface area contributed by atoms with Crippen LogP contribution in [0, 0.1) is 0 Å². The zero-order valence-electron chi connectivity index (χ0n) is 12.8. The number of likely N-dealkylation sites (tertiary alicyclic amines) is 1. The Kier molecular flexibility index (Phi) is 4.21. The van der Waals surface area contributed by atoms with E-state index in [1.165, 1.54) is 0 Å². The lowest BCUT2D eigenvalue weighted by Gasteiger charge is -2.24. The molecule has 1 aliphatic heterocycles. The van der Waals surface area contributed by atoms with Crippen molar-refractivity contribution in [1.82, 2.24) is 4.90 Å². The van der Waals surface area contributed by atoms with E-state index in [1.54, 1.807) is 17.0 Å². The van der Waals surface area contributed by atoms with Crippen LogP contribution < -0.4 is 5.73 Å². The van der Waals surface area contributed by atoms with E-state index in [0.29, 0.717) is 18.7 Å². The van der Waals surface area contributed by atoms with Gasteiger partial charge in [0.05, 0.1) is 0 Å². The van der Waals surface area contributed by atoms with Gasteiger partial charge in [0.2, 0.25) is 5.91 Å². The van der Waals surface area contributed by atoms with Gasteiger partial charge in [-0.05, 0) is 38.8 Å². The fourth-order valence-corrected chi connectivity index (χ4v) is 2.58. The second-order valence-corrected chi connectivity index (χ2v) is 6.36. The van der Waals surface area contributed by atoms with Crippen molar-refractivity contribution in [2.24, 2.45) is 5.73 Å². The normalized spacial score (nSPS) is 18.6. The number of hydrogen-bond acceptors (Lipinski definition) is 3. The second kappa shape index (κ2) is 5.76. The molecule has 0 saturated carbocycles. The van der Waals surface area contributed by atoms with Gasteiger partial charge in [-0.25, -0.2) is 4.79 Å². The lowest BCUT2D eigenvalue weighted by atomic mass is 9.93. The SMILES string of the molecule is CC(C)(C)OC(=O)N1CC[C@H](c2ccccc2C(N)=O)C1. The third-order valence-electron chi connectivity index (χ3n) is 3.51. The van der Waals surface area contributed by atoms with E-state index in [9.17, 15) is 9.59 Å². The predicted molar refractivity (Wildman–Crippen MR) is 80.1 cm³/mol. The first-order chi connectivity index (χ1) is 9.78. The molecule has 0 aromatic heterocycles. The number of ether oxygens (including phenoxy) is 1. The molecular weight excluding hydrogens is 268 g/mol. The molecule has 1 fully saturated rings. The number of amides is 2. The summed E-state index contributed by atoms with van der Waals surface area (Å²) >= 11 is 0. The maximum Gasteiger partial charge on any atom is 0.410 e. The summed E-state index contributed by atoms with van der Waals surface area (Å²) < 4.78 is 5.38. The Bertz CT molecular complexity index is 549. The lowest BCUT2D eigenvalue weighted by Crippen LogP contribution is -2.35. The summed E-state index contributed by atoms with van der Waals surface area (Å²) in [5.41, 5.74) is 6.36. The maximum atomic E-state index is 12.1. The number of carbonyl (C=O) groups excluding carboxylic acids is 2. The van der Waals surface area contributed by atoms with Gasteiger partial charge in [-0.1, -0.05) is 18.2 Å². The van der Waals surface area contributed by atoms with Crippen molar-refractivity contribution in [3.8, 4) is 0 Å². The molecule has 21 heavy (non-hydrogen) atoms. The zero-order valence-corrected chi connectivity index (χ0v) is 12.8. The molecule has 114 valence electrons. The van der Waals surface area contributed by atoms with Crippen molar-refractivity contribution in [2.45, 2.75) is 38.7 Å². The van der Waals surface area contributed by atoms with Crippen molar-refractivity contribution >= 4 is 12.0 Å². The predicted octanol–water partition coefficient (Wildman–Crippen LogP) is 2.51. The molecule has 1 aromatic carbocycles. The van der Waals surface area contributed by atoms with Crippen LogP contribution >= 0.6 is 0 Å². The number of primary amides is 1. The first kappa shape index (κ1) is 15.4. The molecule has 2 amide bonds. The molecule has 0 bridgehead atoms. The maximum absolute atomic E-state index is 12.1. The highest BCUT2D eigenvalue weighted by Crippen LogP contribution is 2.30. The first-order valence-electron chi connectivity index (χ1n) is 7.14. The third kappa shape index (κ3) is 3.74. The summed E-state index contributed by atoms with van der Waals surface area (Å²) in [6.07, 6.45) is 0.505. The van der Waals surface area contributed by atoms with E-state index < -0.39 is 11.5 Å². The van der Waals surface area contributed by atoms with Crippen LogP contribution in [0.3, 0.4) is 0 Å². The second-order valence-electron chi connectivity index (χ2n) is 6.36. The van der Waals surface area contributed by atoms with Crippen LogP contribution in [0.4, 0.5) is 4.79 Å². The average molecular weight is 290 g/mol. The van der Waals surface area contributed by atoms with Crippen molar-refractivity contribution in [3.05, 3.63) is 35.4 Å². The van der Waals surface area contributed by atoms with Crippen LogP contribution in [-0.2, 0) is 4.74 Å². The number of hydrogen-bond donors (Lipinski definition) is 1. The van der Waals surface area contributed by atoms with Crippen LogP contribution in [0.15, 0.2) is 24.3 Å². The van der Waals surface area contributed by atoms with E-state index in [4.69, 9.17) is 10.5 Å². The molecule has 1 atom stereocenters. The zero-order chi connectivity index (χ0) is 15.6. The summed E-state index contributed by atoms with van der Waals surface area (Å²) in [4.78, 5) is 25.3. The molecule has 0 radical (unpaired) electrons. The number of nitrogens with zero attached hydrogens (tertiary/aromatic N) is 1.